The molecule has 9 heteroatoms. The molecule has 3 aromatic heterocycles. The summed E-state index contributed by atoms with van der Waals surface area (Å²) >= 11 is 0. The lowest BCUT2D eigenvalue weighted by Gasteiger charge is -2.31. The Labute approximate surface area is 141 Å². The number of carboxylic acid groups (broad SMARTS) is 1. The quantitative estimate of drug-likeness (QED) is 0.733. The van der Waals surface area contributed by atoms with E-state index in [9.17, 15) is 14.7 Å². The number of aliphatic carboxylic acids is 1. The molecule has 0 saturated heterocycles. The number of rotatable bonds is 4. The average Bonchev–Trinajstić information content (AvgIpc) is 3.34. The van der Waals surface area contributed by atoms with Gasteiger partial charge in [-0.1, -0.05) is 0 Å². The van der Waals surface area contributed by atoms with Crippen molar-refractivity contribution >= 4 is 11.9 Å². The molecule has 128 valence electrons. The Hall–Kier alpha value is -3.36. The summed E-state index contributed by atoms with van der Waals surface area (Å²) in [7, 11) is 0. The zero-order valence-electron chi connectivity index (χ0n) is 13.1. The Balaban J connectivity index is 1.58. The molecule has 0 aliphatic carbocycles. The van der Waals surface area contributed by atoms with Gasteiger partial charge in [-0.05, 0) is 18.2 Å². The summed E-state index contributed by atoms with van der Waals surface area (Å²) < 4.78 is 7.27. The van der Waals surface area contributed by atoms with Crippen molar-refractivity contribution in [2.45, 2.75) is 19.0 Å². The molecule has 2 N–H and O–H groups in total. The number of carboxylic acids is 1. The van der Waals surface area contributed by atoms with Crippen LogP contribution in [-0.4, -0.2) is 48.2 Å². The van der Waals surface area contributed by atoms with Crippen molar-refractivity contribution in [3.63, 3.8) is 0 Å². The van der Waals surface area contributed by atoms with Crippen LogP contribution in [0.25, 0.3) is 0 Å². The highest BCUT2D eigenvalue weighted by atomic mass is 16.4. The molecule has 1 aliphatic rings. The number of imidazole rings is 1. The van der Waals surface area contributed by atoms with Crippen LogP contribution in [0.3, 0.4) is 0 Å². The molecular weight excluding hydrogens is 326 g/mol. The van der Waals surface area contributed by atoms with Crippen LogP contribution in [0.15, 0.2) is 41.3 Å². The number of aromatic amines is 1. The zero-order valence-corrected chi connectivity index (χ0v) is 13.1. The van der Waals surface area contributed by atoms with Crippen molar-refractivity contribution in [3.8, 4) is 0 Å². The summed E-state index contributed by atoms with van der Waals surface area (Å²) in [6.45, 7) is 0.673. The van der Waals surface area contributed by atoms with Gasteiger partial charge in [0.25, 0.3) is 5.91 Å². The van der Waals surface area contributed by atoms with Gasteiger partial charge in [0.2, 0.25) is 0 Å². The fraction of sp³-hybridized carbons (Fsp3) is 0.250. The minimum absolute atomic E-state index is 0.104. The molecule has 0 unspecified atom stereocenters. The van der Waals surface area contributed by atoms with Gasteiger partial charge in [-0.15, -0.1) is 0 Å². The van der Waals surface area contributed by atoms with Crippen molar-refractivity contribution < 1.29 is 19.1 Å². The molecule has 0 fully saturated rings. The third-order valence-electron chi connectivity index (χ3n) is 4.17. The number of hydrogen-bond donors (Lipinski definition) is 2. The minimum Gasteiger partial charge on any atom is -0.479 e. The number of carbonyl (C=O) groups is 2. The SMILES string of the molecule is O=C(O)[C@H]1c2nc[nH]c2CCN1C(=O)c1ccc(Cn2cccn2)o1. The number of furan rings is 1. The highest BCUT2D eigenvalue weighted by Gasteiger charge is 2.39. The molecule has 0 spiro atoms. The number of nitrogens with one attached hydrogen (secondary N) is 1. The Morgan fingerprint density at radius 2 is 2.28 bits per heavy atom. The predicted molar refractivity (Wildman–Crippen MR) is 83.7 cm³/mol. The highest BCUT2D eigenvalue weighted by Crippen LogP contribution is 2.29. The first-order valence-electron chi connectivity index (χ1n) is 7.75. The van der Waals surface area contributed by atoms with Gasteiger partial charge < -0.3 is 19.4 Å². The van der Waals surface area contributed by atoms with Crippen molar-refractivity contribution in [1.82, 2.24) is 24.6 Å². The summed E-state index contributed by atoms with van der Waals surface area (Å²) in [6, 6.07) is 3.92. The topological polar surface area (TPSA) is 117 Å². The van der Waals surface area contributed by atoms with E-state index in [4.69, 9.17) is 4.42 Å². The van der Waals surface area contributed by atoms with Gasteiger partial charge in [-0.2, -0.15) is 5.10 Å². The Morgan fingerprint density at radius 1 is 1.40 bits per heavy atom. The minimum atomic E-state index is -1.12. The molecule has 4 rings (SSSR count). The van der Waals surface area contributed by atoms with Gasteiger partial charge in [0.1, 0.15) is 5.76 Å². The number of fused-ring (bicyclic) bond motifs is 1. The fourth-order valence-electron chi connectivity index (χ4n) is 3.02. The van der Waals surface area contributed by atoms with Gasteiger partial charge in [-0.3, -0.25) is 9.48 Å². The van der Waals surface area contributed by atoms with Crippen LogP contribution < -0.4 is 0 Å². The second kappa shape index (κ2) is 5.93. The number of amides is 1. The maximum Gasteiger partial charge on any atom is 0.332 e. The fourth-order valence-corrected chi connectivity index (χ4v) is 3.02. The van der Waals surface area contributed by atoms with Crippen molar-refractivity contribution in [2.75, 3.05) is 6.54 Å². The van der Waals surface area contributed by atoms with E-state index >= 15 is 0 Å². The molecule has 0 aromatic carbocycles. The first-order chi connectivity index (χ1) is 12.1. The van der Waals surface area contributed by atoms with Crippen molar-refractivity contribution in [3.05, 3.63) is 59.8 Å². The van der Waals surface area contributed by atoms with E-state index in [1.807, 2.05) is 0 Å². The molecule has 1 atom stereocenters. The van der Waals surface area contributed by atoms with E-state index < -0.39 is 17.9 Å². The molecule has 0 radical (unpaired) electrons. The van der Waals surface area contributed by atoms with Gasteiger partial charge in [-0.25, -0.2) is 9.78 Å². The lowest BCUT2D eigenvalue weighted by molar-refractivity contribution is -0.143. The van der Waals surface area contributed by atoms with Gasteiger partial charge in [0.15, 0.2) is 11.8 Å². The predicted octanol–water partition coefficient (Wildman–Crippen LogP) is 1.07. The van der Waals surface area contributed by atoms with E-state index in [2.05, 4.69) is 15.1 Å². The van der Waals surface area contributed by atoms with Gasteiger partial charge in [0, 0.05) is 31.1 Å². The Kier molecular flexibility index (Phi) is 3.60. The van der Waals surface area contributed by atoms with E-state index in [-0.39, 0.29) is 12.3 Å². The van der Waals surface area contributed by atoms with E-state index in [0.29, 0.717) is 24.4 Å². The number of carbonyl (C=O) groups excluding carboxylic acids is 1. The number of H-pyrrole nitrogens is 1. The first kappa shape index (κ1) is 15.2. The third-order valence-corrected chi connectivity index (χ3v) is 4.17. The first-order valence-corrected chi connectivity index (χ1v) is 7.75. The Morgan fingerprint density at radius 3 is 3.04 bits per heavy atom. The van der Waals surface area contributed by atoms with E-state index in [1.54, 1.807) is 35.3 Å². The van der Waals surface area contributed by atoms with Crippen LogP contribution in [0.2, 0.25) is 0 Å². The molecule has 0 bridgehead atoms. The standard InChI is InChI=1S/C16H15N5O4/c22-15(12-3-2-10(25-12)8-20-6-1-5-19-20)21-7-4-11-13(18-9-17-11)14(21)16(23)24/h1-3,5-6,9,14H,4,7-8H2,(H,17,18)(H,23,24)/t14-/m1/s1. The summed E-state index contributed by atoms with van der Waals surface area (Å²) in [6.07, 6.45) is 5.41. The summed E-state index contributed by atoms with van der Waals surface area (Å²) in [5.41, 5.74) is 1.12. The van der Waals surface area contributed by atoms with Crippen LogP contribution in [0.5, 0.6) is 0 Å². The molecule has 9 nitrogen and oxygen atoms in total. The van der Waals surface area contributed by atoms with Gasteiger partial charge in [0.05, 0.1) is 18.6 Å². The Bertz CT molecular complexity index is 911. The average molecular weight is 341 g/mol. The summed E-state index contributed by atoms with van der Waals surface area (Å²) in [4.78, 5) is 32.7. The molecular formula is C16H15N5O4. The van der Waals surface area contributed by atoms with Crippen molar-refractivity contribution in [1.29, 1.82) is 0 Å². The van der Waals surface area contributed by atoms with Gasteiger partial charge >= 0.3 is 5.97 Å². The maximum atomic E-state index is 12.8. The summed E-state index contributed by atoms with van der Waals surface area (Å²) in [5.74, 6) is -0.915. The monoisotopic (exact) mass is 341 g/mol. The molecule has 3 aromatic rings. The molecule has 25 heavy (non-hydrogen) atoms. The van der Waals surface area contributed by atoms with Crippen LogP contribution in [-0.2, 0) is 17.8 Å². The zero-order chi connectivity index (χ0) is 17.4. The number of aromatic nitrogens is 4. The summed E-state index contributed by atoms with van der Waals surface area (Å²) in [5, 5.41) is 13.6. The number of hydrogen-bond acceptors (Lipinski definition) is 5. The molecule has 1 aliphatic heterocycles. The largest absolute Gasteiger partial charge is 0.479 e. The van der Waals surface area contributed by atoms with Crippen LogP contribution in [0, 0.1) is 0 Å². The van der Waals surface area contributed by atoms with Crippen LogP contribution in [0.4, 0.5) is 0 Å². The highest BCUT2D eigenvalue weighted by molar-refractivity contribution is 5.95. The lowest BCUT2D eigenvalue weighted by atomic mass is 10.0. The van der Waals surface area contributed by atoms with E-state index in [0.717, 1.165) is 5.69 Å². The van der Waals surface area contributed by atoms with Crippen LogP contribution >= 0.6 is 0 Å². The van der Waals surface area contributed by atoms with Crippen molar-refractivity contribution in [2.24, 2.45) is 0 Å². The molecule has 4 heterocycles. The number of nitrogens with zero attached hydrogens (tertiary/aromatic N) is 4. The third kappa shape index (κ3) is 2.69. The van der Waals surface area contributed by atoms with E-state index in [1.165, 1.54) is 11.2 Å². The van der Waals surface area contributed by atoms with Crippen LogP contribution in [0.1, 0.15) is 33.7 Å². The maximum absolute atomic E-state index is 12.8. The molecule has 1 amide bonds. The second-order valence-corrected chi connectivity index (χ2v) is 5.73. The smallest absolute Gasteiger partial charge is 0.332 e. The second-order valence-electron chi connectivity index (χ2n) is 5.73. The molecule has 0 saturated carbocycles. The normalized spacial score (nSPS) is 16.6. The lowest BCUT2D eigenvalue weighted by Crippen LogP contribution is -2.43.